The van der Waals surface area contributed by atoms with Crippen LogP contribution in [0.3, 0.4) is 0 Å². The minimum absolute atomic E-state index is 0.0234. The van der Waals surface area contributed by atoms with Crippen LogP contribution in [0.25, 0.3) is 0 Å². The van der Waals surface area contributed by atoms with E-state index in [0.29, 0.717) is 15.7 Å². The molecule has 1 fully saturated rings. The average molecular weight is 274 g/mol. The molecule has 1 aromatic carbocycles. The van der Waals surface area contributed by atoms with Gasteiger partial charge in [0.25, 0.3) is 0 Å². The first-order valence-corrected chi connectivity index (χ1v) is 5.73. The number of amides is 1. The van der Waals surface area contributed by atoms with Crippen LogP contribution in [0.5, 0.6) is 0 Å². The fourth-order valence-electron chi connectivity index (χ4n) is 1.78. The SMILES string of the molecule is O=C(O)C1CC(=O)N(c2ccc(Cl)c(Cl)c2)C1. The molecule has 1 unspecified atom stereocenters. The van der Waals surface area contributed by atoms with Crippen molar-refractivity contribution in [1.82, 2.24) is 0 Å². The predicted octanol–water partition coefficient (Wildman–Crippen LogP) is 2.43. The minimum Gasteiger partial charge on any atom is -0.481 e. The Labute approximate surface area is 108 Å². The van der Waals surface area contributed by atoms with Gasteiger partial charge < -0.3 is 10.0 Å². The van der Waals surface area contributed by atoms with E-state index in [4.69, 9.17) is 28.3 Å². The number of hydrogen-bond acceptors (Lipinski definition) is 2. The highest BCUT2D eigenvalue weighted by Crippen LogP contribution is 2.30. The van der Waals surface area contributed by atoms with E-state index in [1.807, 2.05) is 0 Å². The zero-order valence-electron chi connectivity index (χ0n) is 8.69. The predicted molar refractivity (Wildman–Crippen MR) is 64.6 cm³/mol. The number of rotatable bonds is 2. The van der Waals surface area contributed by atoms with Crippen LogP contribution in [0.4, 0.5) is 5.69 Å². The average Bonchev–Trinajstić information content (AvgIpc) is 2.65. The van der Waals surface area contributed by atoms with Crippen LogP contribution in [-0.2, 0) is 9.59 Å². The number of carboxylic acid groups (broad SMARTS) is 1. The van der Waals surface area contributed by atoms with Gasteiger partial charge >= 0.3 is 5.97 Å². The molecule has 1 aliphatic heterocycles. The summed E-state index contributed by atoms with van der Waals surface area (Å²) in [5.41, 5.74) is 0.577. The second kappa shape index (κ2) is 4.55. The highest BCUT2D eigenvalue weighted by molar-refractivity contribution is 6.42. The molecule has 1 atom stereocenters. The van der Waals surface area contributed by atoms with E-state index < -0.39 is 11.9 Å². The van der Waals surface area contributed by atoms with E-state index >= 15 is 0 Å². The Hall–Kier alpha value is -1.26. The molecule has 1 N–H and O–H groups in total. The Bertz CT molecular complexity index is 490. The summed E-state index contributed by atoms with van der Waals surface area (Å²) < 4.78 is 0. The Balaban J connectivity index is 2.26. The van der Waals surface area contributed by atoms with Gasteiger partial charge in [0.2, 0.25) is 5.91 Å². The number of carbonyl (C=O) groups excluding carboxylic acids is 1. The van der Waals surface area contributed by atoms with Gasteiger partial charge in [0.05, 0.1) is 16.0 Å². The monoisotopic (exact) mass is 273 g/mol. The maximum absolute atomic E-state index is 11.7. The van der Waals surface area contributed by atoms with Crippen molar-refractivity contribution < 1.29 is 14.7 Å². The van der Waals surface area contributed by atoms with Gasteiger partial charge in [-0.15, -0.1) is 0 Å². The number of halogens is 2. The molecule has 17 heavy (non-hydrogen) atoms. The summed E-state index contributed by atoms with van der Waals surface area (Å²) in [5.74, 6) is -1.83. The molecular formula is C11H9Cl2NO3. The summed E-state index contributed by atoms with van der Waals surface area (Å²) in [4.78, 5) is 23.9. The first-order chi connectivity index (χ1) is 7.99. The van der Waals surface area contributed by atoms with Crippen LogP contribution in [0.15, 0.2) is 18.2 Å². The van der Waals surface area contributed by atoms with Crippen molar-refractivity contribution in [3.8, 4) is 0 Å². The molecule has 0 radical (unpaired) electrons. The molecule has 2 rings (SSSR count). The van der Waals surface area contributed by atoms with Crippen molar-refractivity contribution in [2.75, 3.05) is 11.4 Å². The van der Waals surface area contributed by atoms with E-state index in [2.05, 4.69) is 0 Å². The van der Waals surface area contributed by atoms with Crippen LogP contribution >= 0.6 is 23.2 Å². The third-order valence-electron chi connectivity index (χ3n) is 2.69. The van der Waals surface area contributed by atoms with Gasteiger partial charge in [-0.1, -0.05) is 23.2 Å². The molecule has 0 spiro atoms. The minimum atomic E-state index is -0.957. The molecule has 1 saturated heterocycles. The summed E-state index contributed by atoms with van der Waals surface area (Å²) in [7, 11) is 0. The van der Waals surface area contributed by atoms with Crippen molar-refractivity contribution in [3.63, 3.8) is 0 Å². The first-order valence-electron chi connectivity index (χ1n) is 4.97. The van der Waals surface area contributed by atoms with Crippen molar-refractivity contribution in [2.45, 2.75) is 6.42 Å². The van der Waals surface area contributed by atoms with Gasteiger partial charge in [0.15, 0.2) is 0 Å². The van der Waals surface area contributed by atoms with Crippen LogP contribution in [0, 0.1) is 5.92 Å². The topological polar surface area (TPSA) is 57.6 Å². The van der Waals surface area contributed by atoms with E-state index in [-0.39, 0.29) is 18.9 Å². The van der Waals surface area contributed by atoms with Gasteiger partial charge in [0, 0.05) is 18.7 Å². The van der Waals surface area contributed by atoms with Gasteiger partial charge in [-0.25, -0.2) is 0 Å². The highest BCUT2D eigenvalue weighted by atomic mass is 35.5. The standard InChI is InChI=1S/C11H9Cl2NO3/c12-8-2-1-7(4-9(8)13)14-5-6(11(16)17)3-10(14)15/h1-2,4,6H,3,5H2,(H,16,17). The molecular weight excluding hydrogens is 265 g/mol. The number of carboxylic acids is 1. The van der Waals surface area contributed by atoms with Gasteiger partial charge in [-0.3, -0.25) is 9.59 Å². The van der Waals surface area contributed by atoms with Crippen molar-refractivity contribution in [2.24, 2.45) is 5.92 Å². The molecule has 1 aliphatic rings. The van der Waals surface area contributed by atoms with Gasteiger partial charge in [0.1, 0.15) is 0 Å². The van der Waals surface area contributed by atoms with Crippen LogP contribution in [0.2, 0.25) is 10.0 Å². The van der Waals surface area contributed by atoms with Crippen molar-refractivity contribution in [1.29, 1.82) is 0 Å². The van der Waals surface area contributed by atoms with E-state index in [0.717, 1.165) is 0 Å². The summed E-state index contributed by atoms with van der Waals surface area (Å²) in [6, 6.07) is 4.79. The molecule has 1 heterocycles. The molecule has 4 nitrogen and oxygen atoms in total. The van der Waals surface area contributed by atoms with E-state index in [1.165, 1.54) is 4.90 Å². The molecule has 0 aliphatic carbocycles. The number of aliphatic carboxylic acids is 1. The molecule has 90 valence electrons. The molecule has 0 bridgehead atoms. The lowest BCUT2D eigenvalue weighted by molar-refractivity contribution is -0.141. The Morgan fingerprint density at radius 1 is 1.35 bits per heavy atom. The molecule has 6 heteroatoms. The summed E-state index contributed by atoms with van der Waals surface area (Å²) in [5, 5.41) is 9.61. The van der Waals surface area contributed by atoms with Crippen molar-refractivity contribution >= 4 is 40.8 Å². The number of hydrogen-bond donors (Lipinski definition) is 1. The number of anilines is 1. The summed E-state index contributed by atoms with van der Waals surface area (Å²) >= 11 is 11.6. The maximum atomic E-state index is 11.7. The van der Waals surface area contributed by atoms with E-state index in [9.17, 15) is 9.59 Å². The van der Waals surface area contributed by atoms with Crippen LogP contribution < -0.4 is 4.90 Å². The van der Waals surface area contributed by atoms with Crippen molar-refractivity contribution in [3.05, 3.63) is 28.2 Å². The largest absolute Gasteiger partial charge is 0.481 e. The van der Waals surface area contributed by atoms with Gasteiger partial charge in [-0.2, -0.15) is 0 Å². The fraction of sp³-hybridized carbons (Fsp3) is 0.273. The Kier molecular flexibility index (Phi) is 3.26. The lowest BCUT2D eigenvalue weighted by Gasteiger charge is -2.16. The zero-order valence-corrected chi connectivity index (χ0v) is 10.2. The first kappa shape index (κ1) is 12.2. The smallest absolute Gasteiger partial charge is 0.308 e. The summed E-state index contributed by atoms with van der Waals surface area (Å²) in [6.07, 6.45) is 0.0234. The van der Waals surface area contributed by atoms with Gasteiger partial charge in [-0.05, 0) is 18.2 Å². The number of benzene rings is 1. The quantitative estimate of drug-likeness (QED) is 0.901. The number of carbonyl (C=O) groups is 2. The van der Waals surface area contributed by atoms with Crippen LogP contribution in [0.1, 0.15) is 6.42 Å². The lowest BCUT2D eigenvalue weighted by Crippen LogP contribution is -2.25. The third kappa shape index (κ3) is 2.37. The molecule has 1 aromatic rings. The Morgan fingerprint density at radius 2 is 2.06 bits per heavy atom. The summed E-state index contributed by atoms with van der Waals surface area (Å²) in [6.45, 7) is 0.173. The molecule has 1 amide bonds. The lowest BCUT2D eigenvalue weighted by atomic mass is 10.1. The zero-order chi connectivity index (χ0) is 12.6. The second-order valence-electron chi connectivity index (χ2n) is 3.84. The van der Waals surface area contributed by atoms with E-state index in [1.54, 1.807) is 18.2 Å². The fourth-order valence-corrected chi connectivity index (χ4v) is 2.07. The third-order valence-corrected chi connectivity index (χ3v) is 3.43. The maximum Gasteiger partial charge on any atom is 0.308 e. The van der Waals surface area contributed by atoms with Crippen LogP contribution in [-0.4, -0.2) is 23.5 Å². The number of nitrogens with zero attached hydrogens (tertiary/aromatic N) is 1. The normalized spacial score (nSPS) is 19.8. The highest BCUT2D eigenvalue weighted by Gasteiger charge is 2.35. The Morgan fingerprint density at radius 3 is 2.59 bits per heavy atom. The molecule has 0 aromatic heterocycles. The second-order valence-corrected chi connectivity index (χ2v) is 4.66. The molecule has 0 saturated carbocycles.